The molecule has 0 spiro atoms. The van der Waals surface area contributed by atoms with Crippen molar-refractivity contribution in [2.75, 3.05) is 0 Å². The van der Waals surface area contributed by atoms with Crippen molar-refractivity contribution in [2.24, 2.45) is 0 Å². The molecule has 1 N–H and O–H groups in total. The molecule has 8 heavy (non-hydrogen) atoms. The fourth-order valence-corrected chi connectivity index (χ4v) is 0.484. The molecule has 0 rings (SSSR count). The molecule has 0 aromatic rings. The monoisotopic (exact) mass is 128 g/mol. The first-order valence-corrected chi connectivity index (χ1v) is 2.89. The van der Waals surface area contributed by atoms with Crippen LogP contribution >= 0.6 is 12.0 Å². The number of allylic oxidation sites excluding steroid dienone is 3. The largest absolute Gasteiger partial charge is 0.325 e. The molecule has 0 radical (unpaired) electrons. The molecule has 2 heteroatoms. The van der Waals surface area contributed by atoms with E-state index in [1.165, 1.54) is 0 Å². The van der Waals surface area contributed by atoms with Crippen LogP contribution in [-0.2, 0) is 0 Å². The Labute approximate surface area is 53.6 Å². The van der Waals surface area contributed by atoms with Crippen molar-refractivity contribution in [3.8, 4) is 0 Å². The van der Waals surface area contributed by atoms with Crippen LogP contribution in [0.2, 0.25) is 0 Å². The van der Waals surface area contributed by atoms with Gasteiger partial charge >= 0.3 is 0 Å². The minimum Gasteiger partial charge on any atom is -0.325 e. The van der Waals surface area contributed by atoms with Crippen LogP contribution < -0.4 is 0 Å². The lowest BCUT2D eigenvalue weighted by molar-refractivity contribution is 0.670. The first kappa shape index (κ1) is 7.53. The van der Waals surface area contributed by atoms with Gasteiger partial charge in [0.2, 0.25) is 0 Å². The second kappa shape index (κ2) is 4.68. The lowest BCUT2D eigenvalue weighted by Crippen LogP contribution is -1.62. The van der Waals surface area contributed by atoms with Crippen LogP contribution in [-0.4, -0.2) is 4.55 Å². The van der Waals surface area contributed by atoms with E-state index in [1.54, 1.807) is 18.2 Å². The standard InChI is InChI=1S/C6H8OS/c1-3-5-6(4-2)8-7/h3-5,7H,1-2H2/b6-5+. The maximum atomic E-state index is 8.39. The summed E-state index contributed by atoms with van der Waals surface area (Å²) in [5, 5.41) is 0. The lowest BCUT2D eigenvalue weighted by atomic mass is 10.5. The summed E-state index contributed by atoms with van der Waals surface area (Å²) in [7, 11) is 0. The maximum Gasteiger partial charge on any atom is 0.0344 e. The van der Waals surface area contributed by atoms with Crippen molar-refractivity contribution in [2.45, 2.75) is 0 Å². The van der Waals surface area contributed by atoms with Gasteiger partial charge in [-0.25, -0.2) is 0 Å². The quantitative estimate of drug-likeness (QED) is 0.465. The van der Waals surface area contributed by atoms with Crippen molar-refractivity contribution in [1.29, 1.82) is 0 Å². The number of hydrogen-bond donors (Lipinski definition) is 1. The Bertz CT molecular complexity index is 116. The highest BCUT2D eigenvalue weighted by molar-refractivity contribution is 7.97. The Kier molecular flexibility index (Phi) is 4.41. The molecule has 0 aliphatic heterocycles. The van der Waals surface area contributed by atoms with Gasteiger partial charge in [-0.3, -0.25) is 0 Å². The molecule has 0 amide bonds. The highest BCUT2D eigenvalue weighted by Gasteiger charge is 1.82. The Morgan fingerprint density at radius 3 is 2.25 bits per heavy atom. The summed E-state index contributed by atoms with van der Waals surface area (Å²) in [6.45, 7) is 6.90. The SMILES string of the molecule is C=C/C=C(\C=C)SO. The summed E-state index contributed by atoms with van der Waals surface area (Å²) in [5.41, 5.74) is 0. The molecule has 0 aromatic carbocycles. The van der Waals surface area contributed by atoms with E-state index in [2.05, 4.69) is 13.2 Å². The van der Waals surface area contributed by atoms with E-state index < -0.39 is 0 Å². The average molecular weight is 128 g/mol. The molecule has 0 heterocycles. The van der Waals surface area contributed by atoms with Gasteiger partial charge in [-0.15, -0.1) is 0 Å². The van der Waals surface area contributed by atoms with Crippen molar-refractivity contribution in [3.63, 3.8) is 0 Å². The van der Waals surface area contributed by atoms with Gasteiger partial charge < -0.3 is 4.55 Å². The van der Waals surface area contributed by atoms with Crippen molar-refractivity contribution < 1.29 is 4.55 Å². The van der Waals surface area contributed by atoms with Crippen LogP contribution in [0.4, 0.5) is 0 Å². The van der Waals surface area contributed by atoms with Crippen molar-refractivity contribution >= 4 is 12.0 Å². The van der Waals surface area contributed by atoms with E-state index in [4.69, 9.17) is 4.55 Å². The predicted octanol–water partition coefficient (Wildman–Crippen LogP) is 2.45. The third kappa shape index (κ3) is 2.66. The second-order valence-corrected chi connectivity index (χ2v) is 1.75. The molecule has 0 aromatic heterocycles. The fourth-order valence-electron chi connectivity index (χ4n) is 0.252. The molecule has 0 aliphatic carbocycles. The van der Waals surface area contributed by atoms with E-state index >= 15 is 0 Å². The molecule has 0 fully saturated rings. The smallest absolute Gasteiger partial charge is 0.0344 e. The molecule has 1 nitrogen and oxygen atoms in total. The van der Waals surface area contributed by atoms with Gasteiger partial charge in [0.1, 0.15) is 0 Å². The zero-order valence-electron chi connectivity index (χ0n) is 4.50. The van der Waals surface area contributed by atoms with Crippen LogP contribution in [0.15, 0.2) is 36.3 Å². The molecule has 44 valence electrons. The molecular formula is C6H8OS. The van der Waals surface area contributed by atoms with Crippen LogP contribution in [0.3, 0.4) is 0 Å². The predicted molar refractivity (Wildman–Crippen MR) is 38.7 cm³/mol. The summed E-state index contributed by atoms with van der Waals surface area (Å²) < 4.78 is 8.39. The van der Waals surface area contributed by atoms with E-state index in [1.807, 2.05) is 0 Å². The molecule has 0 bridgehead atoms. The third-order valence-electron chi connectivity index (χ3n) is 0.589. The highest BCUT2D eigenvalue weighted by atomic mass is 32.2. The van der Waals surface area contributed by atoms with Gasteiger partial charge in [-0.1, -0.05) is 25.3 Å². The highest BCUT2D eigenvalue weighted by Crippen LogP contribution is 2.10. The topological polar surface area (TPSA) is 20.2 Å². The van der Waals surface area contributed by atoms with Gasteiger partial charge in [0.15, 0.2) is 0 Å². The molecule has 0 saturated heterocycles. The van der Waals surface area contributed by atoms with Crippen molar-refractivity contribution in [3.05, 3.63) is 36.3 Å². The van der Waals surface area contributed by atoms with Gasteiger partial charge in [0.05, 0.1) is 0 Å². The normalized spacial score (nSPS) is 10.9. The summed E-state index contributed by atoms with van der Waals surface area (Å²) in [6, 6.07) is 0. The second-order valence-electron chi connectivity index (χ2n) is 1.10. The number of hydrogen-bond acceptors (Lipinski definition) is 2. The summed E-state index contributed by atoms with van der Waals surface area (Å²) in [6.07, 6.45) is 4.84. The minimum atomic E-state index is 0.666. The van der Waals surface area contributed by atoms with E-state index in [-0.39, 0.29) is 0 Å². The van der Waals surface area contributed by atoms with Crippen LogP contribution in [0.1, 0.15) is 0 Å². The zero-order valence-corrected chi connectivity index (χ0v) is 5.32. The van der Waals surface area contributed by atoms with Gasteiger partial charge in [-0.2, -0.15) is 0 Å². The Morgan fingerprint density at radius 2 is 2.12 bits per heavy atom. The molecule has 0 aliphatic rings. The summed E-state index contributed by atoms with van der Waals surface area (Å²) >= 11 is 0.666. The van der Waals surface area contributed by atoms with Gasteiger partial charge in [0, 0.05) is 16.9 Å². The summed E-state index contributed by atoms with van der Waals surface area (Å²) in [4.78, 5) is 0.708. The van der Waals surface area contributed by atoms with Crippen LogP contribution in [0.25, 0.3) is 0 Å². The third-order valence-corrected chi connectivity index (χ3v) is 1.10. The Balaban J connectivity index is 3.84. The minimum absolute atomic E-state index is 0.666. The first-order valence-electron chi connectivity index (χ1n) is 2.11. The molecule has 0 atom stereocenters. The van der Waals surface area contributed by atoms with Crippen molar-refractivity contribution in [1.82, 2.24) is 0 Å². The van der Waals surface area contributed by atoms with E-state index in [0.717, 1.165) is 0 Å². The fraction of sp³-hybridized carbons (Fsp3) is 0. The van der Waals surface area contributed by atoms with Gasteiger partial charge in [0.25, 0.3) is 0 Å². The Hall–Kier alpha value is -0.470. The lowest BCUT2D eigenvalue weighted by Gasteiger charge is -1.86. The van der Waals surface area contributed by atoms with Crippen LogP contribution in [0, 0.1) is 0 Å². The molecule has 0 saturated carbocycles. The van der Waals surface area contributed by atoms with Crippen LogP contribution in [0.5, 0.6) is 0 Å². The average Bonchev–Trinajstić information content (AvgIpc) is 1.83. The van der Waals surface area contributed by atoms with E-state index in [0.29, 0.717) is 16.9 Å². The summed E-state index contributed by atoms with van der Waals surface area (Å²) in [5.74, 6) is 0. The maximum absolute atomic E-state index is 8.39. The Morgan fingerprint density at radius 1 is 1.50 bits per heavy atom. The first-order chi connectivity index (χ1) is 3.85. The number of rotatable bonds is 3. The zero-order chi connectivity index (χ0) is 6.41. The molecule has 0 unspecified atom stereocenters. The van der Waals surface area contributed by atoms with Gasteiger partial charge in [-0.05, 0) is 6.08 Å². The molecular weight excluding hydrogens is 120 g/mol. The van der Waals surface area contributed by atoms with E-state index in [9.17, 15) is 0 Å².